The van der Waals surface area contributed by atoms with E-state index in [0.29, 0.717) is 16.8 Å². The molecule has 3 aromatic rings. The number of ketones is 1. The lowest BCUT2D eigenvalue weighted by molar-refractivity contribution is -0.148. The number of nitrogens with zero attached hydrogens (tertiary/aromatic N) is 1. The molecule has 6 nitrogen and oxygen atoms in total. The number of benzene rings is 2. The van der Waals surface area contributed by atoms with Crippen molar-refractivity contribution < 1.29 is 19.1 Å². The molecule has 4 rings (SSSR count). The van der Waals surface area contributed by atoms with Crippen molar-refractivity contribution in [2.45, 2.75) is 26.1 Å². The van der Waals surface area contributed by atoms with Gasteiger partial charge in [-0.25, -0.2) is 4.98 Å². The highest BCUT2D eigenvalue weighted by atomic mass is 16.6. The number of carbonyl (C=O) groups excluding carboxylic acids is 2. The minimum atomic E-state index is -1.02. The third-order valence-electron chi connectivity index (χ3n) is 4.19. The molecule has 126 valence electrons. The monoisotopic (exact) mass is 336 g/mol. The van der Waals surface area contributed by atoms with Gasteiger partial charge >= 0.3 is 5.97 Å². The van der Waals surface area contributed by atoms with Gasteiger partial charge in [-0.05, 0) is 24.6 Å². The van der Waals surface area contributed by atoms with Gasteiger partial charge in [0.15, 0.2) is 11.9 Å². The molecule has 0 saturated carbocycles. The molecule has 6 heteroatoms. The predicted octanol–water partition coefficient (Wildman–Crippen LogP) is 3.12. The van der Waals surface area contributed by atoms with Crippen molar-refractivity contribution >= 4 is 22.8 Å². The van der Waals surface area contributed by atoms with Gasteiger partial charge in [-0.3, -0.25) is 9.59 Å². The second-order valence-corrected chi connectivity index (χ2v) is 6.00. The molecule has 0 unspecified atom stereocenters. The summed E-state index contributed by atoms with van der Waals surface area (Å²) in [7, 11) is 0. The van der Waals surface area contributed by atoms with Crippen molar-refractivity contribution in [3.63, 3.8) is 0 Å². The largest absolute Gasteiger partial charge is 0.478 e. The van der Waals surface area contributed by atoms with Crippen LogP contribution in [0.5, 0.6) is 5.75 Å². The smallest absolute Gasteiger partial charge is 0.303 e. The van der Waals surface area contributed by atoms with Crippen molar-refractivity contribution in [2.24, 2.45) is 0 Å². The highest BCUT2D eigenvalue weighted by Crippen LogP contribution is 2.40. The molecule has 1 aliphatic heterocycles. The number of aromatic amines is 1. The van der Waals surface area contributed by atoms with Gasteiger partial charge < -0.3 is 14.5 Å². The summed E-state index contributed by atoms with van der Waals surface area (Å²) in [4.78, 5) is 32.1. The number of fused-ring (bicyclic) bond motifs is 3. The van der Waals surface area contributed by atoms with Crippen molar-refractivity contribution in [1.82, 2.24) is 9.97 Å². The number of ether oxygens (including phenoxy) is 2. The van der Waals surface area contributed by atoms with E-state index < -0.39 is 18.2 Å². The molecule has 0 amide bonds. The van der Waals surface area contributed by atoms with E-state index >= 15 is 0 Å². The number of esters is 1. The van der Waals surface area contributed by atoms with E-state index in [0.717, 1.165) is 16.9 Å². The molecule has 0 saturated heterocycles. The fraction of sp³-hybridized carbons (Fsp3) is 0.211. The average molecular weight is 336 g/mol. The Hall–Kier alpha value is -3.15. The van der Waals surface area contributed by atoms with Crippen LogP contribution < -0.4 is 4.74 Å². The zero-order valence-corrected chi connectivity index (χ0v) is 13.8. The number of nitrogens with one attached hydrogen (secondary N) is 1. The highest BCUT2D eigenvalue weighted by molar-refractivity contribution is 6.07. The number of aryl methyl sites for hydroxylation is 1. The number of aromatic nitrogens is 2. The standard InChI is InChI=1S/C19H16N2O4/c1-10-20-14-9-8-13-16(23)19(24-11(2)22)17(12-6-4-3-5-7-12)25-18(13)15(14)21-10/h3-9,17,19H,1-2H3,(H,20,21)/t17-,19+/m1/s1. The van der Waals surface area contributed by atoms with Crippen LogP contribution in [0.3, 0.4) is 0 Å². The number of rotatable bonds is 2. The van der Waals surface area contributed by atoms with Gasteiger partial charge in [-0.15, -0.1) is 0 Å². The zero-order chi connectivity index (χ0) is 17.6. The lowest BCUT2D eigenvalue weighted by Gasteiger charge is -2.32. The molecule has 1 aromatic heterocycles. The van der Waals surface area contributed by atoms with E-state index in [1.807, 2.05) is 37.3 Å². The summed E-state index contributed by atoms with van der Waals surface area (Å²) < 4.78 is 11.5. The Balaban J connectivity index is 1.89. The first-order chi connectivity index (χ1) is 12.0. The lowest BCUT2D eigenvalue weighted by atomic mass is 9.93. The summed E-state index contributed by atoms with van der Waals surface area (Å²) >= 11 is 0. The van der Waals surface area contributed by atoms with Crippen LogP contribution in [-0.2, 0) is 9.53 Å². The first-order valence-corrected chi connectivity index (χ1v) is 7.97. The number of hydrogen-bond acceptors (Lipinski definition) is 5. The molecular weight excluding hydrogens is 320 g/mol. The average Bonchev–Trinajstić information content (AvgIpc) is 2.98. The fourth-order valence-corrected chi connectivity index (χ4v) is 3.15. The number of hydrogen-bond donors (Lipinski definition) is 1. The van der Waals surface area contributed by atoms with Gasteiger partial charge in [0.05, 0.1) is 11.1 Å². The van der Waals surface area contributed by atoms with Crippen LogP contribution in [0.1, 0.15) is 34.8 Å². The summed E-state index contributed by atoms with van der Waals surface area (Å²) in [6.45, 7) is 3.12. The van der Waals surface area contributed by atoms with E-state index in [1.165, 1.54) is 6.92 Å². The van der Waals surface area contributed by atoms with Crippen LogP contribution in [0.25, 0.3) is 11.0 Å². The SMILES string of the molecule is CC(=O)O[C@H]1C(=O)c2ccc3[nH]c(C)nc3c2O[C@@H]1c1ccccc1. The Morgan fingerprint density at radius 3 is 2.68 bits per heavy atom. The van der Waals surface area contributed by atoms with Gasteiger partial charge in [0, 0.05) is 6.92 Å². The third kappa shape index (κ3) is 2.55. The molecule has 0 aliphatic carbocycles. The van der Waals surface area contributed by atoms with E-state index in [4.69, 9.17) is 9.47 Å². The minimum absolute atomic E-state index is 0.284. The summed E-state index contributed by atoms with van der Waals surface area (Å²) in [5, 5.41) is 0. The Labute approximate surface area is 143 Å². The van der Waals surface area contributed by atoms with Crippen LogP contribution in [-0.4, -0.2) is 27.8 Å². The molecule has 1 aliphatic rings. The Morgan fingerprint density at radius 2 is 1.96 bits per heavy atom. The van der Waals surface area contributed by atoms with Crippen molar-refractivity contribution in [3.8, 4) is 5.75 Å². The van der Waals surface area contributed by atoms with Gasteiger partial charge in [-0.1, -0.05) is 30.3 Å². The number of imidazole rings is 1. The molecule has 0 fully saturated rings. The fourth-order valence-electron chi connectivity index (χ4n) is 3.15. The van der Waals surface area contributed by atoms with E-state index in [-0.39, 0.29) is 5.78 Å². The molecule has 0 spiro atoms. The molecule has 0 radical (unpaired) electrons. The quantitative estimate of drug-likeness (QED) is 0.727. The van der Waals surface area contributed by atoms with E-state index in [2.05, 4.69) is 9.97 Å². The molecule has 2 heterocycles. The molecule has 0 bridgehead atoms. The molecule has 25 heavy (non-hydrogen) atoms. The summed E-state index contributed by atoms with van der Waals surface area (Å²) in [6, 6.07) is 12.7. The summed E-state index contributed by atoms with van der Waals surface area (Å²) in [6.07, 6.45) is -1.74. The maximum atomic E-state index is 13.0. The zero-order valence-electron chi connectivity index (χ0n) is 13.8. The normalized spacial score (nSPS) is 19.4. The second-order valence-electron chi connectivity index (χ2n) is 6.00. The molecular formula is C19H16N2O4. The number of Topliss-reactive ketones (excluding diaryl/α,β-unsaturated/α-hetero) is 1. The summed E-state index contributed by atoms with van der Waals surface area (Å²) in [5.41, 5.74) is 2.53. The van der Waals surface area contributed by atoms with E-state index in [1.54, 1.807) is 12.1 Å². The Morgan fingerprint density at radius 1 is 1.20 bits per heavy atom. The Bertz CT molecular complexity index is 978. The van der Waals surface area contributed by atoms with E-state index in [9.17, 15) is 9.59 Å². The predicted molar refractivity (Wildman–Crippen MR) is 90.5 cm³/mol. The van der Waals surface area contributed by atoms with Gasteiger partial charge in [-0.2, -0.15) is 0 Å². The third-order valence-corrected chi connectivity index (χ3v) is 4.19. The van der Waals surface area contributed by atoms with Crippen LogP contribution in [0.2, 0.25) is 0 Å². The molecule has 1 N–H and O–H groups in total. The van der Waals surface area contributed by atoms with Crippen molar-refractivity contribution in [2.75, 3.05) is 0 Å². The molecule has 2 aromatic carbocycles. The first-order valence-electron chi connectivity index (χ1n) is 7.97. The van der Waals surface area contributed by atoms with Gasteiger partial charge in [0.1, 0.15) is 11.3 Å². The van der Waals surface area contributed by atoms with Crippen LogP contribution in [0.4, 0.5) is 0 Å². The van der Waals surface area contributed by atoms with Crippen LogP contribution in [0.15, 0.2) is 42.5 Å². The maximum Gasteiger partial charge on any atom is 0.303 e. The van der Waals surface area contributed by atoms with Crippen molar-refractivity contribution in [3.05, 3.63) is 59.4 Å². The molecule has 2 atom stereocenters. The summed E-state index contributed by atoms with van der Waals surface area (Å²) in [5.74, 6) is 0.345. The van der Waals surface area contributed by atoms with Crippen LogP contribution >= 0.6 is 0 Å². The lowest BCUT2D eigenvalue weighted by Crippen LogP contribution is -2.39. The highest BCUT2D eigenvalue weighted by Gasteiger charge is 2.41. The van der Waals surface area contributed by atoms with Crippen molar-refractivity contribution in [1.29, 1.82) is 0 Å². The van der Waals surface area contributed by atoms with Crippen LogP contribution in [0, 0.1) is 6.92 Å². The Kier molecular flexibility index (Phi) is 3.53. The number of H-pyrrole nitrogens is 1. The van der Waals surface area contributed by atoms with Gasteiger partial charge in [0.25, 0.3) is 0 Å². The number of carbonyl (C=O) groups is 2. The van der Waals surface area contributed by atoms with Gasteiger partial charge in [0.2, 0.25) is 11.9 Å². The maximum absolute atomic E-state index is 13.0. The minimum Gasteiger partial charge on any atom is -0.478 e. The topological polar surface area (TPSA) is 81.3 Å². The first kappa shape index (κ1) is 15.4. The second kappa shape index (κ2) is 5.73.